The lowest BCUT2D eigenvalue weighted by molar-refractivity contribution is 0.116. The van der Waals surface area contributed by atoms with E-state index < -0.39 is 0 Å². The largest absolute Gasteiger partial charge is 0.411 e. The molecule has 0 spiro atoms. The monoisotopic (exact) mass is 435 g/mol. The number of pyridine rings is 1. The Bertz CT molecular complexity index is 1260. The summed E-state index contributed by atoms with van der Waals surface area (Å²) in [5.41, 5.74) is 5.50. The normalized spacial score (nSPS) is 19.9. The second-order valence-corrected chi connectivity index (χ2v) is 9.21. The Hall–Kier alpha value is -2.97. The molecule has 2 unspecified atom stereocenters. The molecule has 1 fully saturated rings. The van der Waals surface area contributed by atoms with Crippen LogP contribution in [-0.4, -0.2) is 42.5 Å². The maximum absolute atomic E-state index is 10.2. The van der Waals surface area contributed by atoms with Gasteiger partial charge < -0.3 is 20.0 Å². The van der Waals surface area contributed by atoms with Crippen molar-refractivity contribution >= 4 is 38.0 Å². The molecular weight excluding hydrogens is 410 g/mol. The van der Waals surface area contributed by atoms with Crippen molar-refractivity contribution in [1.82, 2.24) is 14.4 Å². The molecule has 1 aromatic carbocycles. The molecule has 2 atom stereocenters. The number of aromatic nitrogens is 3. The van der Waals surface area contributed by atoms with E-state index in [2.05, 4.69) is 38.1 Å². The zero-order valence-corrected chi connectivity index (χ0v) is 18.1. The first-order valence-electron chi connectivity index (χ1n) is 10.6. The molecule has 7 nitrogen and oxygen atoms in total. The number of rotatable bonds is 5. The zero-order valence-electron chi connectivity index (χ0n) is 17.3. The predicted octanol–water partition coefficient (Wildman–Crippen LogP) is 4.45. The highest BCUT2D eigenvalue weighted by Gasteiger charge is 2.23. The van der Waals surface area contributed by atoms with Crippen molar-refractivity contribution in [1.29, 1.82) is 0 Å². The van der Waals surface area contributed by atoms with Crippen molar-refractivity contribution < 1.29 is 10.3 Å². The summed E-state index contributed by atoms with van der Waals surface area (Å²) in [4.78, 5) is 9.22. The average molecular weight is 436 g/mol. The molecule has 0 bridgehead atoms. The third-order valence-electron chi connectivity index (χ3n) is 6.03. The Morgan fingerprint density at radius 3 is 2.97 bits per heavy atom. The van der Waals surface area contributed by atoms with Crippen LogP contribution in [0.5, 0.6) is 0 Å². The van der Waals surface area contributed by atoms with E-state index in [9.17, 15) is 5.11 Å². The summed E-state index contributed by atoms with van der Waals surface area (Å²) in [5.74, 6) is 0. The number of imidazole rings is 1. The number of aliphatic hydroxyl groups excluding tert-OH is 1. The second kappa shape index (κ2) is 8.28. The topological polar surface area (TPSA) is 95.0 Å². The van der Waals surface area contributed by atoms with Crippen molar-refractivity contribution in [3.63, 3.8) is 0 Å². The summed E-state index contributed by atoms with van der Waals surface area (Å²) in [6.07, 6.45) is 8.41. The third kappa shape index (κ3) is 4.00. The van der Waals surface area contributed by atoms with Crippen LogP contribution in [0.4, 0.5) is 5.13 Å². The summed E-state index contributed by atoms with van der Waals surface area (Å²) < 4.78 is 3.19. The van der Waals surface area contributed by atoms with Crippen molar-refractivity contribution in [2.24, 2.45) is 5.16 Å². The number of benzene rings is 1. The van der Waals surface area contributed by atoms with E-state index in [4.69, 9.17) is 10.2 Å². The standard InChI is InChI=1S/C23H25N5O2S/c1-14(27-30)16-8-9-28-17(13-24-22(28)12-16)10-15-6-7-19-21(11-15)31-23(26-19)25-18-4-2-3-5-20(18)29/h6-9,11-13,18,20,29-30H,2-5,10H2,1H3,(H,25,26)/b27-14-. The first-order chi connectivity index (χ1) is 15.1. The van der Waals surface area contributed by atoms with E-state index in [0.29, 0.717) is 5.71 Å². The van der Waals surface area contributed by atoms with Crippen LogP contribution in [0, 0.1) is 0 Å². The first kappa shape index (κ1) is 20.0. The minimum atomic E-state index is -0.292. The zero-order chi connectivity index (χ0) is 21.4. The molecule has 0 radical (unpaired) electrons. The Labute approximate surface area is 184 Å². The lowest BCUT2D eigenvalue weighted by atomic mass is 9.93. The summed E-state index contributed by atoms with van der Waals surface area (Å²) in [5, 5.41) is 26.8. The summed E-state index contributed by atoms with van der Waals surface area (Å²) in [7, 11) is 0. The molecule has 3 aromatic heterocycles. The number of aliphatic hydroxyl groups is 1. The summed E-state index contributed by atoms with van der Waals surface area (Å²) >= 11 is 1.64. The molecule has 3 heterocycles. The van der Waals surface area contributed by atoms with Gasteiger partial charge in [0.05, 0.1) is 28.1 Å². The minimum absolute atomic E-state index is 0.0938. The minimum Gasteiger partial charge on any atom is -0.411 e. The predicted molar refractivity (Wildman–Crippen MR) is 124 cm³/mol. The molecule has 4 aromatic rings. The van der Waals surface area contributed by atoms with Crippen LogP contribution in [-0.2, 0) is 6.42 Å². The molecular formula is C23H25N5O2S. The van der Waals surface area contributed by atoms with E-state index in [-0.39, 0.29) is 12.1 Å². The molecule has 0 saturated heterocycles. The maximum Gasteiger partial charge on any atom is 0.184 e. The molecule has 1 saturated carbocycles. The average Bonchev–Trinajstić information content (AvgIpc) is 3.37. The van der Waals surface area contributed by atoms with E-state index in [1.807, 2.05) is 24.5 Å². The highest BCUT2D eigenvalue weighted by molar-refractivity contribution is 7.22. The lowest BCUT2D eigenvalue weighted by Gasteiger charge is -2.27. The van der Waals surface area contributed by atoms with Crippen molar-refractivity contribution in [2.75, 3.05) is 5.32 Å². The SMILES string of the molecule is C/C(=N/O)c1ccn2c(Cc3ccc4nc(NC5CCCCC5O)sc4c3)cnc2c1. The number of nitrogens with zero attached hydrogens (tertiary/aromatic N) is 4. The maximum atomic E-state index is 10.2. The fraction of sp³-hybridized carbons (Fsp3) is 0.348. The Morgan fingerprint density at radius 2 is 2.13 bits per heavy atom. The fourth-order valence-corrected chi connectivity index (χ4v) is 5.23. The van der Waals surface area contributed by atoms with Crippen LogP contribution in [0.25, 0.3) is 15.9 Å². The van der Waals surface area contributed by atoms with Gasteiger partial charge >= 0.3 is 0 Å². The molecule has 8 heteroatoms. The quantitative estimate of drug-likeness (QED) is 0.245. The Kier molecular flexibility index (Phi) is 5.33. The molecule has 160 valence electrons. The molecule has 1 aliphatic carbocycles. The first-order valence-corrected chi connectivity index (χ1v) is 11.4. The number of anilines is 1. The van der Waals surface area contributed by atoms with Gasteiger partial charge in [0.2, 0.25) is 0 Å². The highest BCUT2D eigenvalue weighted by Crippen LogP contribution is 2.30. The van der Waals surface area contributed by atoms with E-state index in [0.717, 1.165) is 64.4 Å². The molecule has 5 rings (SSSR count). The smallest absolute Gasteiger partial charge is 0.184 e. The van der Waals surface area contributed by atoms with Gasteiger partial charge in [-0.05, 0) is 49.6 Å². The third-order valence-corrected chi connectivity index (χ3v) is 6.98. The van der Waals surface area contributed by atoms with Crippen LogP contribution in [0.1, 0.15) is 49.4 Å². The van der Waals surface area contributed by atoms with E-state index in [1.165, 1.54) is 5.56 Å². The van der Waals surface area contributed by atoms with Crippen molar-refractivity contribution in [3.8, 4) is 0 Å². The van der Waals surface area contributed by atoms with Gasteiger partial charge in [0.1, 0.15) is 5.65 Å². The van der Waals surface area contributed by atoms with Gasteiger partial charge in [0, 0.05) is 30.1 Å². The van der Waals surface area contributed by atoms with Crippen molar-refractivity contribution in [3.05, 3.63) is 59.5 Å². The number of hydrogen-bond acceptors (Lipinski definition) is 7. The van der Waals surface area contributed by atoms with Gasteiger partial charge in [0.25, 0.3) is 0 Å². The molecule has 31 heavy (non-hydrogen) atoms. The summed E-state index contributed by atoms with van der Waals surface area (Å²) in [6.45, 7) is 1.76. The highest BCUT2D eigenvalue weighted by atomic mass is 32.1. The van der Waals surface area contributed by atoms with Crippen LogP contribution in [0.15, 0.2) is 47.9 Å². The molecule has 3 N–H and O–H groups in total. The number of nitrogens with one attached hydrogen (secondary N) is 1. The lowest BCUT2D eigenvalue weighted by Crippen LogP contribution is -2.36. The fourth-order valence-electron chi connectivity index (χ4n) is 4.23. The van der Waals surface area contributed by atoms with Gasteiger partial charge in [-0.1, -0.05) is 35.4 Å². The Balaban J connectivity index is 1.37. The van der Waals surface area contributed by atoms with E-state index >= 15 is 0 Å². The Morgan fingerprint density at radius 1 is 1.26 bits per heavy atom. The summed E-state index contributed by atoms with van der Waals surface area (Å²) in [6, 6.07) is 10.3. The van der Waals surface area contributed by atoms with Crippen LogP contribution >= 0.6 is 11.3 Å². The number of hydrogen-bond donors (Lipinski definition) is 3. The molecule has 1 aliphatic rings. The molecule has 0 aliphatic heterocycles. The van der Waals surface area contributed by atoms with Gasteiger partial charge in [-0.15, -0.1) is 0 Å². The number of fused-ring (bicyclic) bond motifs is 2. The van der Waals surface area contributed by atoms with E-state index in [1.54, 1.807) is 18.3 Å². The van der Waals surface area contributed by atoms with Crippen molar-refractivity contribution in [2.45, 2.75) is 51.2 Å². The van der Waals surface area contributed by atoms with Gasteiger partial charge in [0.15, 0.2) is 5.13 Å². The number of oxime groups is 1. The van der Waals surface area contributed by atoms with Gasteiger partial charge in [-0.2, -0.15) is 0 Å². The van der Waals surface area contributed by atoms with Crippen LogP contribution in [0.3, 0.4) is 0 Å². The number of thiazole rings is 1. The molecule has 0 amide bonds. The van der Waals surface area contributed by atoms with Gasteiger partial charge in [-0.3, -0.25) is 0 Å². The van der Waals surface area contributed by atoms with Crippen LogP contribution in [0.2, 0.25) is 0 Å². The second-order valence-electron chi connectivity index (χ2n) is 8.18. The van der Waals surface area contributed by atoms with Gasteiger partial charge in [-0.25, -0.2) is 9.97 Å². The van der Waals surface area contributed by atoms with Crippen LogP contribution < -0.4 is 5.32 Å².